The predicted octanol–water partition coefficient (Wildman–Crippen LogP) is 0.0534. The molecule has 13 heavy (non-hydrogen) atoms. The Morgan fingerprint density at radius 3 is 2.54 bits per heavy atom. The fraction of sp³-hybridized carbons (Fsp3) is 0.143. The van der Waals surface area contributed by atoms with Gasteiger partial charge in [-0.15, -0.1) is 0 Å². The van der Waals surface area contributed by atoms with Crippen LogP contribution in [0, 0.1) is 0 Å². The third kappa shape index (κ3) is 2.51. The Kier molecular flexibility index (Phi) is 2.62. The van der Waals surface area contributed by atoms with Gasteiger partial charge in [0.2, 0.25) is 6.41 Å². The zero-order valence-electron chi connectivity index (χ0n) is 6.89. The molecule has 0 radical (unpaired) electrons. The summed E-state index contributed by atoms with van der Waals surface area (Å²) in [6, 6.07) is 2.80. The number of amides is 1. The van der Waals surface area contributed by atoms with E-state index in [4.69, 9.17) is 0 Å². The van der Waals surface area contributed by atoms with Gasteiger partial charge >= 0.3 is 0 Å². The number of rotatable bonds is 3. The molecule has 0 atom stereocenters. The van der Waals surface area contributed by atoms with Gasteiger partial charge in [-0.1, -0.05) is 0 Å². The van der Waals surface area contributed by atoms with E-state index >= 15 is 0 Å². The highest BCUT2D eigenvalue weighted by Gasteiger charge is 2.06. The van der Waals surface area contributed by atoms with Crippen LogP contribution < -0.4 is 5.32 Å². The standard InChI is InChI=1S/C7H8N2O3S/c1-13(11,12)6-2-3-7(8-4-6)9-5-10/h2-5H,1H3,(H,8,9,10). The van der Waals surface area contributed by atoms with Crippen molar-refractivity contribution in [3.8, 4) is 0 Å². The molecule has 0 saturated heterocycles. The third-order valence-electron chi connectivity index (χ3n) is 1.37. The summed E-state index contributed by atoms with van der Waals surface area (Å²) in [7, 11) is -3.21. The van der Waals surface area contributed by atoms with Crippen molar-refractivity contribution in [3.63, 3.8) is 0 Å². The van der Waals surface area contributed by atoms with E-state index in [0.29, 0.717) is 12.2 Å². The molecule has 0 aliphatic heterocycles. The van der Waals surface area contributed by atoms with Crippen molar-refractivity contribution < 1.29 is 13.2 Å². The van der Waals surface area contributed by atoms with Crippen LogP contribution in [0.3, 0.4) is 0 Å². The zero-order valence-corrected chi connectivity index (χ0v) is 7.71. The SMILES string of the molecule is CS(=O)(=O)c1ccc(NC=O)nc1. The molecular formula is C7H8N2O3S. The van der Waals surface area contributed by atoms with Crippen molar-refractivity contribution in [1.29, 1.82) is 0 Å². The number of aromatic nitrogens is 1. The fourth-order valence-corrected chi connectivity index (χ4v) is 1.30. The van der Waals surface area contributed by atoms with Crippen LogP contribution in [0.5, 0.6) is 0 Å². The smallest absolute Gasteiger partial charge is 0.212 e. The first-order chi connectivity index (χ1) is 6.04. The van der Waals surface area contributed by atoms with Gasteiger partial charge in [-0.2, -0.15) is 0 Å². The summed E-state index contributed by atoms with van der Waals surface area (Å²) in [4.78, 5) is 13.8. The molecule has 1 amide bonds. The molecule has 5 nitrogen and oxygen atoms in total. The first kappa shape index (κ1) is 9.66. The molecule has 0 saturated carbocycles. The second-order valence-electron chi connectivity index (χ2n) is 2.41. The summed E-state index contributed by atoms with van der Waals surface area (Å²) in [5.41, 5.74) is 0. The highest BCUT2D eigenvalue weighted by molar-refractivity contribution is 7.90. The van der Waals surface area contributed by atoms with E-state index in [2.05, 4.69) is 10.3 Å². The van der Waals surface area contributed by atoms with Gasteiger partial charge in [-0.25, -0.2) is 13.4 Å². The minimum atomic E-state index is -3.21. The van der Waals surface area contributed by atoms with Crippen LogP contribution in [-0.2, 0) is 14.6 Å². The molecule has 0 aliphatic carbocycles. The van der Waals surface area contributed by atoms with Crippen molar-refractivity contribution in [2.24, 2.45) is 0 Å². The average molecular weight is 200 g/mol. The summed E-state index contributed by atoms with van der Waals surface area (Å²) in [6.45, 7) is 0. The number of carbonyl (C=O) groups excluding carboxylic acids is 1. The minimum absolute atomic E-state index is 0.129. The lowest BCUT2D eigenvalue weighted by atomic mass is 10.5. The molecule has 0 spiro atoms. The van der Waals surface area contributed by atoms with Crippen LogP contribution in [-0.4, -0.2) is 26.1 Å². The number of sulfone groups is 1. The van der Waals surface area contributed by atoms with Gasteiger partial charge in [0.25, 0.3) is 0 Å². The maximum atomic E-state index is 11.0. The monoisotopic (exact) mass is 200 g/mol. The Balaban J connectivity index is 3.01. The van der Waals surface area contributed by atoms with E-state index in [1.165, 1.54) is 18.3 Å². The Bertz CT molecular complexity index is 396. The van der Waals surface area contributed by atoms with Crippen molar-refractivity contribution in [1.82, 2.24) is 4.98 Å². The quantitative estimate of drug-likeness (QED) is 0.699. The van der Waals surface area contributed by atoms with E-state index in [1.54, 1.807) is 0 Å². The van der Waals surface area contributed by atoms with Crippen molar-refractivity contribution in [2.75, 3.05) is 11.6 Å². The van der Waals surface area contributed by atoms with Crippen LogP contribution >= 0.6 is 0 Å². The van der Waals surface area contributed by atoms with Gasteiger partial charge in [0.1, 0.15) is 5.82 Å². The molecular weight excluding hydrogens is 192 g/mol. The van der Waals surface area contributed by atoms with Gasteiger partial charge in [-0.05, 0) is 12.1 Å². The lowest BCUT2D eigenvalue weighted by Gasteiger charge is -1.99. The Morgan fingerprint density at radius 1 is 1.46 bits per heavy atom. The largest absolute Gasteiger partial charge is 0.313 e. The molecule has 0 aliphatic rings. The normalized spacial score (nSPS) is 10.8. The summed E-state index contributed by atoms with van der Waals surface area (Å²) in [6.07, 6.45) is 2.76. The minimum Gasteiger partial charge on any atom is -0.313 e. The average Bonchev–Trinajstić information content (AvgIpc) is 2.04. The summed E-state index contributed by atoms with van der Waals surface area (Å²) in [5.74, 6) is 0.322. The van der Waals surface area contributed by atoms with E-state index in [9.17, 15) is 13.2 Å². The molecule has 70 valence electrons. The molecule has 0 unspecified atom stereocenters. The zero-order chi connectivity index (χ0) is 9.90. The molecule has 1 rings (SSSR count). The van der Waals surface area contributed by atoms with Gasteiger partial charge < -0.3 is 5.32 Å². The van der Waals surface area contributed by atoms with Gasteiger partial charge in [0.05, 0.1) is 4.90 Å². The van der Waals surface area contributed by atoms with Crippen LogP contribution in [0.4, 0.5) is 5.82 Å². The molecule has 1 aromatic rings. The number of nitrogens with zero attached hydrogens (tertiary/aromatic N) is 1. The number of pyridine rings is 1. The van der Waals surface area contributed by atoms with E-state index in [1.807, 2.05) is 0 Å². The van der Waals surface area contributed by atoms with E-state index < -0.39 is 9.84 Å². The number of anilines is 1. The molecule has 1 N–H and O–H groups in total. The number of carbonyl (C=O) groups is 1. The lowest BCUT2D eigenvalue weighted by Crippen LogP contribution is -2.00. The summed E-state index contributed by atoms with van der Waals surface area (Å²) in [5, 5.41) is 2.30. The molecule has 1 heterocycles. The van der Waals surface area contributed by atoms with E-state index in [0.717, 1.165) is 6.26 Å². The van der Waals surface area contributed by atoms with Gasteiger partial charge in [-0.3, -0.25) is 4.79 Å². The first-order valence-electron chi connectivity index (χ1n) is 3.40. The van der Waals surface area contributed by atoms with E-state index in [-0.39, 0.29) is 4.90 Å². The number of hydrogen-bond donors (Lipinski definition) is 1. The topological polar surface area (TPSA) is 76.1 Å². The highest BCUT2D eigenvalue weighted by atomic mass is 32.2. The molecule has 0 aromatic carbocycles. The van der Waals surface area contributed by atoms with Crippen molar-refractivity contribution in [3.05, 3.63) is 18.3 Å². The highest BCUT2D eigenvalue weighted by Crippen LogP contribution is 2.09. The second-order valence-corrected chi connectivity index (χ2v) is 4.43. The molecule has 1 aromatic heterocycles. The number of hydrogen-bond acceptors (Lipinski definition) is 4. The summed E-state index contributed by atoms with van der Waals surface area (Å²) >= 11 is 0. The third-order valence-corrected chi connectivity index (χ3v) is 2.47. The Morgan fingerprint density at radius 2 is 2.15 bits per heavy atom. The van der Waals surface area contributed by atoms with Crippen LogP contribution in [0.15, 0.2) is 23.2 Å². The maximum Gasteiger partial charge on any atom is 0.212 e. The first-order valence-corrected chi connectivity index (χ1v) is 5.29. The van der Waals surface area contributed by atoms with Gasteiger partial charge in [0.15, 0.2) is 9.84 Å². The predicted molar refractivity (Wildman–Crippen MR) is 47.0 cm³/mol. The van der Waals surface area contributed by atoms with Crippen molar-refractivity contribution >= 4 is 22.1 Å². The van der Waals surface area contributed by atoms with Crippen LogP contribution in [0.25, 0.3) is 0 Å². The summed E-state index contributed by atoms with van der Waals surface area (Å²) < 4.78 is 21.9. The fourth-order valence-electron chi connectivity index (χ4n) is 0.745. The molecule has 0 bridgehead atoms. The Hall–Kier alpha value is -1.43. The second kappa shape index (κ2) is 3.53. The van der Waals surface area contributed by atoms with Crippen molar-refractivity contribution in [2.45, 2.75) is 4.90 Å². The van der Waals surface area contributed by atoms with Crippen LogP contribution in [0.1, 0.15) is 0 Å². The van der Waals surface area contributed by atoms with Gasteiger partial charge in [0, 0.05) is 12.5 Å². The Labute approximate surface area is 75.7 Å². The molecule has 0 fully saturated rings. The number of nitrogens with one attached hydrogen (secondary N) is 1. The molecule has 6 heteroatoms. The van der Waals surface area contributed by atoms with Crippen LogP contribution in [0.2, 0.25) is 0 Å². The lowest BCUT2D eigenvalue weighted by molar-refractivity contribution is -0.105. The maximum absolute atomic E-state index is 11.0.